The molecule has 0 saturated carbocycles. The lowest BCUT2D eigenvalue weighted by atomic mass is 10.3. The van der Waals surface area contributed by atoms with Gasteiger partial charge in [0.25, 0.3) is 5.91 Å². The Bertz CT molecular complexity index is 608. The Kier molecular flexibility index (Phi) is 5.08. The number of carbonyl (C=O) groups is 1. The predicted molar refractivity (Wildman–Crippen MR) is 73.6 cm³/mol. The van der Waals surface area contributed by atoms with E-state index in [1.54, 1.807) is 18.3 Å². The van der Waals surface area contributed by atoms with Crippen LogP contribution in [-0.4, -0.2) is 37.7 Å². The van der Waals surface area contributed by atoms with Crippen LogP contribution in [0.1, 0.15) is 5.69 Å². The Labute approximate surface area is 121 Å². The number of nitrogens with zero attached hydrogens (tertiary/aromatic N) is 3. The molecular formula is C14H15N3O4. The molecule has 0 bridgehead atoms. The minimum atomic E-state index is -0.924. The average molecular weight is 289 g/mol. The van der Waals surface area contributed by atoms with Gasteiger partial charge in [-0.1, -0.05) is 11.3 Å². The lowest BCUT2D eigenvalue weighted by molar-refractivity contribution is -0.280. The normalized spacial score (nSPS) is 10.8. The van der Waals surface area contributed by atoms with Gasteiger partial charge in [0.2, 0.25) is 5.88 Å². The van der Waals surface area contributed by atoms with E-state index in [4.69, 9.17) is 15.2 Å². The average Bonchev–Trinajstić information content (AvgIpc) is 2.93. The van der Waals surface area contributed by atoms with Gasteiger partial charge in [0.05, 0.1) is 6.54 Å². The lowest BCUT2D eigenvalue weighted by Gasteiger charge is -2.08. The van der Waals surface area contributed by atoms with E-state index in [-0.39, 0.29) is 0 Å². The van der Waals surface area contributed by atoms with E-state index < -0.39 is 11.1 Å². The monoisotopic (exact) mass is 289 g/mol. The first-order valence-electron chi connectivity index (χ1n) is 6.26. The van der Waals surface area contributed by atoms with E-state index in [2.05, 4.69) is 4.98 Å². The van der Waals surface area contributed by atoms with Crippen molar-refractivity contribution >= 4 is 12.0 Å². The summed E-state index contributed by atoms with van der Waals surface area (Å²) in [6.07, 6.45) is 6.04. The maximum absolute atomic E-state index is 11.0. The molecule has 0 unspecified atom stereocenters. The fourth-order valence-electron chi connectivity index (χ4n) is 1.69. The van der Waals surface area contributed by atoms with Crippen LogP contribution in [0.5, 0.6) is 5.88 Å². The van der Waals surface area contributed by atoms with Gasteiger partial charge in [-0.25, -0.2) is 4.98 Å². The molecule has 2 aromatic heterocycles. The summed E-state index contributed by atoms with van der Waals surface area (Å²) in [7, 11) is 0. The van der Waals surface area contributed by atoms with Crippen LogP contribution in [0.3, 0.4) is 0 Å². The molecule has 0 aromatic carbocycles. The highest BCUT2D eigenvalue weighted by atomic mass is 16.8. The maximum Gasteiger partial charge on any atom is 0.296 e. The van der Waals surface area contributed by atoms with Crippen molar-refractivity contribution in [2.45, 2.75) is 6.54 Å². The predicted octanol–water partition coefficient (Wildman–Crippen LogP) is 1.58. The molecule has 1 amide bonds. The van der Waals surface area contributed by atoms with Crippen molar-refractivity contribution in [3.63, 3.8) is 0 Å². The van der Waals surface area contributed by atoms with Crippen LogP contribution in [-0.2, 0) is 11.3 Å². The highest BCUT2D eigenvalue weighted by Crippen LogP contribution is 2.07. The third-order valence-electron chi connectivity index (χ3n) is 2.68. The second kappa shape index (κ2) is 7.22. The van der Waals surface area contributed by atoms with Crippen molar-refractivity contribution in [3.05, 3.63) is 54.5 Å². The summed E-state index contributed by atoms with van der Waals surface area (Å²) in [5, 5.41) is 16.6. The zero-order valence-electron chi connectivity index (χ0n) is 11.2. The number of ether oxygens (including phenoxy) is 1. The first kappa shape index (κ1) is 14.8. The molecule has 0 fully saturated rings. The summed E-state index contributed by atoms with van der Waals surface area (Å²) in [5.41, 5.74) is 0.745. The zero-order valence-corrected chi connectivity index (χ0v) is 11.2. The summed E-state index contributed by atoms with van der Waals surface area (Å²) in [4.78, 5) is 15.1. The topological polar surface area (TPSA) is 87.8 Å². The number of carbonyl (C=O) groups excluding carboxylic acids is 1. The second-order valence-corrected chi connectivity index (χ2v) is 4.10. The third-order valence-corrected chi connectivity index (χ3v) is 2.68. The summed E-state index contributed by atoms with van der Waals surface area (Å²) in [5.74, 6) is -0.374. The van der Waals surface area contributed by atoms with Crippen LogP contribution in [0.25, 0.3) is 6.08 Å². The van der Waals surface area contributed by atoms with Crippen molar-refractivity contribution in [2.24, 2.45) is 0 Å². The van der Waals surface area contributed by atoms with E-state index in [0.717, 1.165) is 11.8 Å². The molecule has 110 valence electrons. The molecule has 7 heteroatoms. The highest BCUT2D eigenvalue weighted by Gasteiger charge is 2.03. The number of pyridine rings is 1. The van der Waals surface area contributed by atoms with Gasteiger partial charge in [-0.2, -0.15) is 0 Å². The molecule has 0 atom stereocenters. The molecule has 21 heavy (non-hydrogen) atoms. The molecule has 2 rings (SSSR count). The highest BCUT2D eigenvalue weighted by molar-refractivity contribution is 5.89. The molecule has 0 aliphatic heterocycles. The molecule has 2 aromatic rings. The maximum atomic E-state index is 11.0. The summed E-state index contributed by atoms with van der Waals surface area (Å²) in [6.45, 7) is 0.992. The van der Waals surface area contributed by atoms with Crippen molar-refractivity contribution < 1.29 is 19.9 Å². The fraction of sp³-hybridized carbons (Fsp3) is 0.143. The van der Waals surface area contributed by atoms with E-state index >= 15 is 0 Å². The summed E-state index contributed by atoms with van der Waals surface area (Å²) in [6, 6.07) is 9.04. The number of amides is 1. The largest absolute Gasteiger partial charge is 0.476 e. The van der Waals surface area contributed by atoms with Crippen molar-refractivity contribution in [3.8, 4) is 5.88 Å². The Morgan fingerprint density at radius 3 is 2.90 bits per heavy atom. The molecule has 0 spiro atoms. The Morgan fingerprint density at radius 1 is 1.33 bits per heavy atom. The Balaban J connectivity index is 1.90. The summed E-state index contributed by atoms with van der Waals surface area (Å²) >= 11 is 0. The van der Waals surface area contributed by atoms with E-state index in [1.807, 2.05) is 29.0 Å². The molecule has 0 aliphatic rings. The third kappa shape index (κ3) is 4.44. The van der Waals surface area contributed by atoms with Gasteiger partial charge >= 0.3 is 0 Å². The van der Waals surface area contributed by atoms with Gasteiger partial charge in [0.1, 0.15) is 6.61 Å². The van der Waals surface area contributed by atoms with Crippen LogP contribution >= 0.6 is 0 Å². The van der Waals surface area contributed by atoms with E-state index in [0.29, 0.717) is 19.0 Å². The van der Waals surface area contributed by atoms with Gasteiger partial charge in [0.15, 0.2) is 0 Å². The van der Waals surface area contributed by atoms with Crippen LogP contribution < -0.4 is 4.74 Å². The second-order valence-electron chi connectivity index (χ2n) is 4.10. The van der Waals surface area contributed by atoms with Gasteiger partial charge in [-0.15, -0.1) is 0 Å². The van der Waals surface area contributed by atoms with Crippen molar-refractivity contribution in [2.75, 3.05) is 6.61 Å². The molecule has 2 heterocycles. The van der Waals surface area contributed by atoms with Gasteiger partial charge in [0, 0.05) is 30.2 Å². The first-order chi connectivity index (χ1) is 10.2. The quantitative estimate of drug-likeness (QED) is 0.479. The minimum Gasteiger partial charge on any atom is -0.476 e. The number of hydrogen-bond donors (Lipinski definition) is 2. The SMILES string of the molecule is O=C(C=Cc1cccn1CCOc1ccccn1)N(O)O. The smallest absolute Gasteiger partial charge is 0.296 e. The first-order valence-corrected chi connectivity index (χ1v) is 6.26. The number of hydroxylamine groups is 2. The summed E-state index contributed by atoms with van der Waals surface area (Å²) < 4.78 is 7.35. The molecule has 7 nitrogen and oxygen atoms in total. The standard InChI is InChI=1S/C14H15N3O4/c18-14(17(19)20)7-6-12-4-3-9-16(12)10-11-21-13-5-1-2-8-15-13/h1-9,19-20H,10-11H2. The van der Waals surface area contributed by atoms with Crippen molar-refractivity contribution in [1.82, 2.24) is 14.8 Å². The van der Waals surface area contributed by atoms with Crippen LogP contribution in [0.4, 0.5) is 0 Å². The van der Waals surface area contributed by atoms with Crippen LogP contribution in [0, 0.1) is 0 Å². The Morgan fingerprint density at radius 2 is 2.19 bits per heavy atom. The van der Waals surface area contributed by atoms with E-state index in [1.165, 1.54) is 6.08 Å². The molecular weight excluding hydrogens is 274 g/mol. The van der Waals surface area contributed by atoms with Gasteiger partial charge in [-0.05, 0) is 24.3 Å². The van der Waals surface area contributed by atoms with E-state index in [9.17, 15) is 4.79 Å². The molecule has 0 aliphatic carbocycles. The van der Waals surface area contributed by atoms with Crippen LogP contribution in [0.2, 0.25) is 0 Å². The van der Waals surface area contributed by atoms with Gasteiger partial charge < -0.3 is 9.30 Å². The molecule has 2 N–H and O–H groups in total. The number of aromatic nitrogens is 2. The van der Waals surface area contributed by atoms with Crippen molar-refractivity contribution in [1.29, 1.82) is 0 Å². The molecule has 0 radical (unpaired) electrons. The minimum absolute atomic E-state index is 0.423. The molecule has 0 saturated heterocycles. The number of rotatable bonds is 6. The van der Waals surface area contributed by atoms with Crippen LogP contribution in [0.15, 0.2) is 48.8 Å². The fourth-order valence-corrected chi connectivity index (χ4v) is 1.69. The number of hydrogen-bond acceptors (Lipinski definition) is 5. The van der Waals surface area contributed by atoms with Gasteiger partial charge in [-0.3, -0.25) is 15.2 Å². The lowest BCUT2D eigenvalue weighted by Crippen LogP contribution is -2.20. The zero-order chi connectivity index (χ0) is 15.1. The Hall–Kier alpha value is -2.64.